The van der Waals surface area contributed by atoms with Gasteiger partial charge in [0.2, 0.25) is 5.91 Å². The number of benzene rings is 1. The van der Waals surface area contributed by atoms with Gasteiger partial charge in [0.1, 0.15) is 6.61 Å². The summed E-state index contributed by atoms with van der Waals surface area (Å²) in [7, 11) is 0. The molecule has 1 aromatic rings. The lowest BCUT2D eigenvalue weighted by atomic mass is 9.82. The van der Waals surface area contributed by atoms with E-state index < -0.39 is 6.09 Å². The molecule has 2 heterocycles. The van der Waals surface area contributed by atoms with Crippen LogP contribution in [-0.2, 0) is 22.5 Å². The first-order chi connectivity index (χ1) is 11.9. The van der Waals surface area contributed by atoms with Crippen molar-refractivity contribution >= 4 is 12.0 Å². The molecule has 3 atom stereocenters. The molecule has 0 radical (unpaired) electrons. The Bertz CT molecular complexity index is 671. The van der Waals surface area contributed by atoms with Gasteiger partial charge < -0.3 is 10.1 Å². The van der Waals surface area contributed by atoms with Gasteiger partial charge in [0.25, 0.3) is 0 Å². The van der Waals surface area contributed by atoms with Crippen LogP contribution in [0.4, 0.5) is 4.79 Å². The summed E-state index contributed by atoms with van der Waals surface area (Å²) in [5, 5.41) is 3.39. The molecular formula is C20H28N2O3. The lowest BCUT2D eigenvalue weighted by Gasteiger charge is -2.30. The molecule has 25 heavy (non-hydrogen) atoms. The summed E-state index contributed by atoms with van der Waals surface area (Å²) in [5.74, 6) is -0.149. The molecule has 1 saturated heterocycles. The smallest absolute Gasteiger partial charge is 0.416 e. The molecule has 1 aromatic carbocycles. The molecule has 2 amide bonds. The van der Waals surface area contributed by atoms with Gasteiger partial charge in [-0.25, -0.2) is 9.69 Å². The minimum absolute atomic E-state index is 0.0572. The highest BCUT2D eigenvalue weighted by molar-refractivity contribution is 5.95. The zero-order valence-corrected chi connectivity index (χ0v) is 15.5. The number of amides is 2. The predicted molar refractivity (Wildman–Crippen MR) is 96.3 cm³/mol. The van der Waals surface area contributed by atoms with Crippen LogP contribution < -0.4 is 5.32 Å². The topological polar surface area (TPSA) is 58.6 Å². The summed E-state index contributed by atoms with van der Waals surface area (Å²) in [6, 6.07) is 6.18. The molecule has 2 aliphatic rings. The molecule has 2 aliphatic heterocycles. The molecule has 2 unspecified atom stereocenters. The van der Waals surface area contributed by atoms with Gasteiger partial charge in [-0.2, -0.15) is 0 Å². The number of fused-ring (bicyclic) bond motifs is 1. The Balaban J connectivity index is 1.84. The first-order valence-corrected chi connectivity index (χ1v) is 9.23. The Morgan fingerprint density at radius 1 is 1.28 bits per heavy atom. The number of ether oxygens (including phenoxy) is 1. The molecule has 5 heteroatoms. The van der Waals surface area contributed by atoms with Crippen molar-refractivity contribution in [1.82, 2.24) is 10.2 Å². The Morgan fingerprint density at radius 2 is 2.04 bits per heavy atom. The highest BCUT2D eigenvalue weighted by atomic mass is 16.6. The molecule has 0 spiro atoms. The number of imide groups is 1. The van der Waals surface area contributed by atoms with Crippen molar-refractivity contribution in [1.29, 1.82) is 0 Å². The Kier molecular flexibility index (Phi) is 5.13. The Morgan fingerprint density at radius 3 is 2.76 bits per heavy atom. The third-order valence-electron chi connectivity index (χ3n) is 5.72. The minimum Gasteiger partial charge on any atom is -0.447 e. The molecule has 0 aliphatic carbocycles. The van der Waals surface area contributed by atoms with Crippen LogP contribution in [0.25, 0.3) is 0 Å². The van der Waals surface area contributed by atoms with Crippen LogP contribution in [0.2, 0.25) is 0 Å². The van der Waals surface area contributed by atoms with Crippen LogP contribution >= 0.6 is 0 Å². The Hall–Kier alpha value is -1.88. The van der Waals surface area contributed by atoms with E-state index in [1.807, 2.05) is 20.8 Å². The maximum absolute atomic E-state index is 13.1. The van der Waals surface area contributed by atoms with Gasteiger partial charge >= 0.3 is 6.09 Å². The van der Waals surface area contributed by atoms with E-state index in [1.54, 1.807) is 0 Å². The summed E-state index contributed by atoms with van der Waals surface area (Å²) in [6.45, 7) is 10.2. The second-order valence-electron chi connectivity index (χ2n) is 7.59. The number of hydrogen-bond acceptors (Lipinski definition) is 4. The zero-order chi connectivity index (χ0) is 18.1. The van der Waals surface area contributed by atoms with Gasteiger partial charge in [-0.05, 0) is 41.5 Å². The second-order valence-corrected chi connectivity index (χ2v) is 7.59. The van der Waals surface area contributed by atoms with Crippen molar-refractivity contribution < 1.29 is 14.3 Å². The van der Waals surface area contributed by atoms with Gasteiger partial charge in [-0.3, -0.25) is 4.79 Å². The largest absolute Gasteiger partial charge is 0.447 e. The second kappa shape index (κ2) is 7.16. The third kappa shape index (κ3) is 3.30. The van der Waals surface area contributed by atoms with Gasteiger partial charge in [0.05, 0.1) is 6.04 Å². The normalized spacial score (nSPS) is 22.5. The van der Waals surface area contributed by atoms with Crippen molar-refractivity contribution in [3.8, 4) is 0 Å². The van der Waals surface area contributed by atoms with E-state index in [0.717, 1.165) is 19.5 Å². The summed E-state index contributed by atoms with van der Waals surface area (Å²) < 4.78 is 5.14. The third-order valence-corrected chi connectivity index (χ3v) is 5.72. The maximum atomic E-state index is 13.1. The minimum atomic E-state index is -0.498. The van der Waals surface area contributed by atoms with Crippen LogP contribution in [0.5, 0.6) is 0 Å². The maximum Gasteiger partial charge on any atom is 0.416 e. The number of carbonyl (C=O) groups excluding carboxylic acids is 2. The van der Waals surface area contributed by atoms with E-state index in [4.69, 9.17) is 4.74 Å². The molecule has 3 rings (SSSR count). The van der Waals surface area contributed by atoms with E-state index in [-0.39, 0.29) is 29.7 Å². The average molecular weight is 344 g/mol. The molecule has 0 bridgehead atoms. The summed E-state index contributed by atoms with van der Waals surface area (Å²) in [4.78, 5) is 26.5. The molecule has 0 saturated carbocycles. The average Bonchev–Trinajstić information content (AvgIpc) is 3.01. The van der Waals surface area contributed by atoms with Crippen molar-refractivity contribution in [2.75, 3.05) is 13.2 Å². The number of carbonyl (C=O) groups is 2. The molecular weight excluding hydrogens is 316 g/mol. The van der Waals surface area contributed by atoms with Crippen molar-refractivity contribution in [2.24, 2.45) is 11.8 Å². The first kappa shape index (κ1) is 17.9. The highest BCUT2D eigenvalue weighted by Crippen LogP contribution is 2.33. The molecule has 1 fully saturated rings. The van der Waals surface area contributed by atoms with E-state index in [0.29, 0.717) is 6.61 Å². The highest BCUT2D eigenvalue weighted by Gasteiger charge is 2.42. The van der Waals surface area contributed by atoms with Crippen LogP contribution in [0.3, 0.4) is 0 Å². The fraction of sp³-hybridized carbons (Fsp3) is 0.600. The summed E-state index contributed by atoms with van der Waals surface area (Å²) in [5.41, 5.74) is 3.90. The van der Waals surface area contributed by atoms with E-state index in [9.17, 15) is 9.59 Å². The number of rotatable bonds is 4. The van der Waals surface area contributed by atoms with Crippen LogP contribution in [0.1, 0.15) is 50.3 Å². The van der Waals surface area contributed by atoms with Crippen LogP contribution in [0, 0.1) is 11.8 Å². The van der Waals surface area contributed by atoms with Crippen LogP contribution in [0.15, 0.2) is 18.2 Å². The van der Waals surface area contributed by atoms with Crippen molar-refractivity contribution in [3.63, 3.8) is 0 Å². The number of cyclic esters (lactones) is 1. The fourth-order valence-corrected chi connectivity index (χ4v) is 3.87. The predicted octanol–water partition coefficient (Wildman–Crippen LogP) is 3.08. The van der Waals surface area contributed by atoms with Gasteiger partial charge in [-0.15, -0.1) is 0 Å². The zero-order valence-electron chi connectivity index (χ0n) is 15.5. The van der Waals surface area contributed by atoms with Gasteiger partial charge in [0, 0.05) is 12.5 Å². The molecule has 1 N–H and O–H groups in total. The molecule has 136 valence electrons. The van der Waals surface area contributed by atoms with E-state index >= 15 is 0 Å². The van der Waals surface area contributed by atoms with Crippen molar-refractivity contribution in [3.05, 3.63) is 34.9 Å². The number of nitrogens with one attached hydrogen (secondary N) is 1. The fourth-order valence-electron chi connectivity index (χ4n) is 3.87. The molecule has 0 aromatic heterocycles. The summed E-state index contributed by atoms with van der Waals surface area (Å²) >= 11 is 0. The van der Waals surface area contributed by atoms with Crippen LogP contribution in [-0.4, -0.2) is 36.1 Å². The van der Waals surface area contributed by atoms with Gasteiger partial charge in [-0.1, -0.05) is 45.9 Å². The SMILES string of the molecule is CC(C(=O)N1C(=O)OC[C@@H]1C(C)C)C(C)c1cccc2c1CCNC2. The quantitative estimate of drug-likeness (QED) is 0.912. The molecule has 5 nitrogen and oxygen atoms in total. The monoisotopic (exact) mass is 344 g/mol. The van der Waals surface area contributed by atoms with Crippen molar-refractivity contribution in [2.45, 2.75) is 52.6 Å². The number of hydrogen-bond donors (Lipinski definition) is 1. The summed E-state index contributed by atoms with van der Waals surface area (Å²) in [6.07, 6.45) is 0.485. The van der Waals surface area contributed by atoms with Gasteiger partial charge in [0.15, 0.2) is 0 Å². The van der Waals surface area contributed by atoms with E-state index in [1.165, 1.54) is 21.6 Å². The first-order valence-electron chi connectivity index (χ1n) is 9.23. The van der Waals surface area contributed by atoms with E-state index in [2.05, 4.69) is 30.4 Å². The lowest BCUT2D eigenvalue weighted by molar-refractivity contribution is -0.134. The standard InChI is InChI=1S/C20H28N2O3/c1-12(2)18-11-25-20(24)22(18)19(23)14(4)13(3)16-7-5-6-15-10-21-9-8-17(15)16/h5-7,12-14,18,21H,8-11H2,1-4H3/t13?,14?,18-/m1/s1. The lowest BCUT2D eigenvalue weighted by Crippen LogP contribution is -2.45. The Labute approximate surface area is 149 Å². The number of nitrogens with zero attached hydrogens (tertiary/aromatic N) is 1.